The number of rotatable bonds is 5. The van der Waals surface area contributed by atoms with Gasteiger partial charge in [0.05, 0.1) is 17.6 Å². The average Bonchev–Trinajstić information content (AvgIpc) is 2.98. The zero-order valence-corrected chi connectivity index (χ0v) is 11.0. The number of furan rings is 1. The van der Waals surface area contributed by atoms with Crippen molar-refractivity contribution in [1.29, 1.82) is 0 Å². The summed E-state index contributed by atoms with van der Waals surface area (Å²) in [5, 5.41) is 15.0. The van der Waals surface area contributed by atoms with Gasteiger partial charge < -0.3 is 9.52 Å². The van der Waals surface area contributed by atoms with Gasteiger partial charge in [-0.2, -0.15) is 0 Å². The standard InChI is InChI=1S/C12H14N2O3S/c1-12(2,11-13-3-4-18-11)14-6-9-5-8(7-17-9)10(15)16/h3-5,7,14H,6H2,1-2H3,(H,15,16). The molecular formula is C12H14N2O3S. The van der Waals surface area contributed by atoms with Crippen LogP contribution in [0.5, 0.6) is 0 Å². The van der Waals surface area contributed by atoms with Crippen LogP contribution in [0.4, 0.5) is 0 Å². The number of thiazole rings is 1. The minimum Gasteiger partial charge on any atom is -0.478 e. The zero-order chi connectivity index (χ0) is 13.2. The molecule has 0 aliphatic rings. The smallest absolute Gasteiger partial charge is 0.338 e. The molecule has 6 heteroatoms. The summed E-state index contributed by atoms with van der Waals surface area (Å²) in [5.41, 5.74) is -0.108. The number of hydrogen-bond acceptors (Lipinski definition) is 5. The van der Waals surface area contributed by atoms with Crippen molar-refractivity contribution in [3.05, 3.63) is 40.2 Å². The first-order valence-corrected chi connectivity index (χ1v) is 6.33. The number of hydrogen-bond donors (Lipinski definition) is 2. The number of nitrogens with one attached hydrogen (secondary N) is 1. The van der Waals surface area contributed by atoms with E-state index in [9.17, 15) is 4.79 Å². The Balaban J connectivity index is 2.00. The Labute approximate surface area is 108 Å². The van der Waals surface area contributed by atoms with Crippen LogP contribution in [0.15, 0.2) is 28.3 Å². The molecule has 5 nitrogen and oxygen atoms in total. The Kier molecular flexibility index (Phi) is 3.49. The van der Waals surface area contributed by atoms with Gasteiger partial charge in [0.15, 0.2) is 0 Å². The van der Waals surface area contributed by atoms with Gasteiger partial charge in [-0.25, -0.2) is 9.78 Å². The van der Waals surface area contributed by atoms with E-state index in [4.69, 9.17) is 9.52 Å². The molecule has 0 aliphatic carbocycles. The maximum absolute atomic E-state index is 10.7. The number of carboxylic acid groups (broad SMARTS) is 1. The lowest BCUT2D eigenvalue weighted by Gasteiger charge is -2.23. The largest absolute Gasteiger partial charge is 0.478 e. The maximum atomic E-state index is 10.7. The van der Waals surface area contributed by atoms with E-state index in [1.807, 2.05) is 19.2 Å². The van der Waals surface area contributed by atoms with E-state index in [0.29, 0.717) is 12.3 Å². The summed E-state index contributed by atoms with van der Waals surface area (Å²) in [7, 11) is 0. The van der Waals surface area contributed by atoms with Gasteiger partial charge in [0.2, 0.25) is 0 Å². The summed E-state index contributed by atoms with van der Waals surface area (Å²) in [4.78, 5) is 15.0. The molecule has 0 radical (unpaired) electrons. The molecule has 0 aromatic carbocycles. The molecular weight excluding hydrogens is 252 g/mol. The number of carboxylic acids is 1. The lowest BCUT2D eigenvalue weighted by molar-refractivity contribution is 0.0696. The van der Waals surface area contributed by atoms with E-state index in [1.165, 1.54) is 12.3 Å². The fraction of sp³-hybridized carbons (Fsp3) is 0.333. The van der Waals surface area contributed by atoms with Crippen molar-refractivity contribution in [2.75, 3.05) is 0 Å². The highest BCUT2D eigenvalue weighted by molar-refractivity contribution is 7.09. The van der Waals surface area contributed by atoms with Crippen LogP contribution >= 0.6 is 11.3 Å². The van der Waals surface area contributed by atoms with E-state index in [-0.39, 0.29) is 11.1 Å². The monoisotopic (exact) mass is 266 g/mol. The molecule has 2 aromatic rings. The quantitative estimate of drug-likeness (QED) is 0.869. The predicted octanol–water partition coefficient (Wildman–Crippen LogP) is 2.46. The van der Waals surface area contributed by atoms with Crippen LogP contribution in [0.25, 0.3) is 0 Å². The first kappa shape index (κ1) is 12.8. The first-order valence-electron chi connectivity index (χ1n) is 5.45. The summed E-state index contributed by atoms with van der Waals surface area (Å²) in [5.74, 6) is -0.388. The predicted molar refractivity (Wildman–Crippen MR) is 67.6 cm³/mol. The van der Waals surface area contributed by atoms with E-state index < -0.39 is 5.97 Å². The first-order chi connectivity index (χ1) is 8.49. The molecule has 18 heavy (non-hydrogen) atoms. The molecule has 0 atom stereocenters. The summed E-state index contributed by atoms with van der Waals surface area (Å²) in [6, 6.07) is 1.52. The normalized spacial score (nSPS) is 11.7. The van der Waals surface area contributed by atoms with Crippen LogP contribution in [0.2, 0.25) is 0 Å². The Morgan fingerprint density at radius 1 is 1.61 bits per heavy atom. The molecule has 96 valence electrons. The van der Waals surface area contributed by atoms with Crippen molar-refractivity contribution in [3.8, 4) is 0 Å². The zero-order valence-electron chi connectivity index (χ0n) is 10.1. The van der Waals surface area contributed by atoms with Crippen molar-refractivity contribution >= 4 is 17.3 Å². The number of nitrogens with zero attached hydrogens (tertiary/aromatic N) is 1. The third-order valence-corrected chi connectivity index (χ3v) is 3.67. The minimum absolute atomic E-state index is 0.166. The Bertz CT molecular complexity index is 531. The van der Waals surface area contributed by atoms with Crippen LogP contribution in [0.1, 0.15) is 35.0 Å². The second-order valence-electron chi connectivity index (χ2n) is 4.42. The SMILES string of the molecule is CC(C)(NCc1cc(C(=O)O)co1)c1nccs1. The van der Waals surface area contributed by atoms with Crippen molar-refractivity contribution < 1.29 is 14.3 Å². The molecule has 0 saturated heterocycles. The third-order valence-electron chi connectivity index (χ3n) is 2.57. The van der Waals surface area contributed by atoms with Crippen molar-refractivity contribution in [2.24, 2.45) is 0 Å². The molecule has 0 amide bonds. The van der Waals surface area contributed by atoms with Crippen molar-refractivity contribution in [1.82, 2.24) is 10.3 Å². The molecule has 0 aliphatic heterocycles. The van der Waals surface area contributed by atoms with Crippen LogP contribution in [-0.4, -0.2) is 16.1 Å². The lowest BCUT2D eigenvalue weighted by Crippen LogP contribution is -2.35. The van der Waals surface area contributed by atoms with E-state index >= 15 is 0 Å². The fourth-order valence-corrected chi connectivity index (χ4v) is 2.24. The molecule has 2 N–H and O–H groups in total. The Morgan fingerprint density at radius 3 is 2.94 bits per heavy atom. The van der Waals surface area contributed by atoms with Crippen LogP contribution in [0, 0.1) is 0 Å². The van der Waals surface area contributed by atoms with Crippen LogP contribution < -0.4 is 5.32 Å². The van der Waals surface area contributed by atoms with Crippen molar-refractivity contribution in [3.63, 3.8) is 0 Å². The molecule has 2 rings (SSSR count). The molecule has 0 saturated carbocycles. The molecule has 0 spiro atoms. The van der Waals surface area contributed by atoms with Gasteiger partial charge in [0.1, 0.15) is 17.0 Å². The maximum Gasteiger partial charge on any atom is 0.338 e. The van der Waals surface area contributed by atoms with Gasteiger partial charge in [-0.15, -0.1) is 11.3 Å². The fourth-order valence-electron chi connectivity index (χ4n) is 1.50. The Morgan fingerprint density at radius 2 is 2.39 bits per heavy atom. The van der Waals surface area contributed by atoms with E-state index in [1.54, 1.807) is 17.5 Å². The number of carbonyl (C=O) groups is 1. The van der Waals surface area contributed by atoms with Gasteiger partial charge in [0, 0.05) is 11.6 Å². The highest BCUT2D eigenvalue weighted by Crippen LogP contribution is 2.22. The summed E-state index contributed by atoms with van der Waals surface area (Å²) in [6.07, 6.45) is 3.01. The second kappa shape index (κ2) is 4.91. The van der Waals surface area contributed by atoms with Gasteiger partial charge in [-0.3, -0.25) is 5.32 Å². The second-order valence-corrected chi connectivity index (χ2v) is 5.32. The molecule has 2 aromatic heterocycles. The molecule has 0 bridgehead atoms. The van der Waals surface area contributed by atoms with E-state index in [0.717, 1.165) is 5.01 Å². The molecule has 2 heterocycles. The molecule has 0 unspecified atom stereocenters. The van der Waals surface area contributed by atoms with Crippen LogP contribution in [0.3, 0.4) is 0 Å². The summed E-state index contributed by atoms with van der Waals surface area (Å²) < 4.78 is 5.18. The Hall–Kier alpha value is -1.66. The van der Waals surface area contributed by atoms with Gasteiger partial charge >= 0.3 is 5.97 Å². The van der Waals surface area contributed by atoms with E-state index in [2.05, 4.69) is 10.3 Å². The van der Waals surface area contributed by atoms with Crippen molar-refractivity contribution in [2.45, 2.75) is 25.9 Å². The topological polar surface area (TPSA) is 75.4 Å². The number of aromatic nitrogens is 1. The highest BCUT2D eigenvalue weighted by atomic mass is 32.1. The van der Waals surface area contributed by atoms with Crippen LogP contribution in [-0.2, 0) is 12.1 Å². The summed E-state index contributed by atoms with van der Waals surface area (Å²) >= 11 is 1.58. The van der Waals surface area contributed by atoms with Gasteiger partial charge in [-0.1, -0.05) is 0 Å². The lowest BCUT2D eigenvalue weighted by atomic mass is 10.1. The number of aromatic carboxylic acids is 1. The highest BCUT2D eigenvalue weighted by Gasteiger charge is 2.23. The minimum atomic E-state index is -0.982. The third kappa shape index (κ3) is 2.77. The molecule has 0 fully saturated rings. The summed E-state index contributed by atoms with van der Waals surface area (Å²) in [6.45, 7) is 4.50. The van der Waals surface area contributed by atoms with Gasteiger partial charge in [0.25, 0.3) is 0 Å². The van der Waals surface area contributed by atoms with Gasteiger partial charge in [-0.05, 0) is 19.9 Å². The average molecular weight is 266 g/mol.